The summed E-state index contributed by atoms with van der Waals surface area (Å²) in [5, 5.41) is 0.748. The van der Waals surface area contributed by atoms with E-state index in [-0.39, 0.29) is 12.4 Å². The average molecular weight is 310 g/mol. The summed E-state index contributed by atoms with van der Waals surface area (Å²) in [6.45, 7) is -0.0336. The molecule has 0 amide bonds. The van der Waals surface area contributed by atoms with Crippen LogP contribution in [0.4, 0.5) is 0 Å². The zero-order valence-electron chi connectivity index (χ0n) is 12.6. The molecule has 0 fully saturated rings. The lowest BCUT2D eigenvalue weighted by Crippen LogP contribution is -2.49. The van der Waals surface area contributed by atoms with Crippen molar-refractivity contribution in [1.82, 2.24) is 9.27 Å². The van der Waals surface area contributed by atoms with Crippen molar-refractivity contribution in [2.45, 2.75) is 0 Å². The fourth-order valence-corrected chi connectivity index (χ4v) is 4.06. The molecule has 0 aliphatic carbocycles. The summed E-state index contributed by atoms with van der Waals surface area (Å²) in [5.74, 6) is 1.68. The van der Waals surface area contributed by atoms with Crippen molar-refractivity contribution >= 4 is 28.7 Å². The highest BCUT2D eigenvalue weighted by Gasteiger charge is 2.43. The van der Waals surface area contributed by atoms with Crippen LogP contribution in [0.25, 0.3) is 16.6 Å². The standard InChI is InChI=1S/C19H11BN2O2/c23-19-12-6-1-3-8-14(12)22-20-13-7-2-4-10-16(13)24-17-11-5-9-15(18(17)20)21(19)22/h1-11H. The third-order valence-corrected chi connectivity index (χ3v) is 5.01. The van der Waals surface area contributed by atoms with Crippen LogP contribution in [-0.4, -0.2) is 16.1 Å². The quantitative estimate of drug-likeness (QED) is 0.402. The average Bonchev–Trinajstić information content (AvgIpc) is 3.12. The van der Waals surface area contributed by atoms with Crippen molar-refractivity contribution in [1.29, 1.82) is 0 Å². The predicted octanol–water partition coefficient (Wildman–Crippen LogP) is 1.87. The molecule has 2 aliphatic rings. The molecule has 0 unspecified atom stereocenters. The number of nitrogens with zero attached hydrogens (tertiary/aromatic N) is 2. The summed E-state index contributed by atoms with van der Waals surface area (Å²) in [7, 11) is 0. The van der Waals surface area contributed by atoms with Gasteiger partial charge in [-0.05, 0) is 35.8 Å². The molecule has 0 atom stereocenters. The Morgan fingerprint density at radius 3 is 2.58 bits per heavy atom. The number of para-hydroxylation sites is 2. The van der Waals surface area contributed by atoms with Gasteiger partial charge in [0.1, 0.15) is 11.5 Å². The van der Waals surface area contributed by atoms with Gasteiger partial charge >= 0.3 is 6.85 Å². The Morgan fingerprint density at radius 1 is 0.833 bits per heavy atom. The summed E-state index contributed by atoms with van der Waals surface area (Å²) in [6.07, 6.45) is 0. The van der Waals surface area contributed by atoms with E-state index in [2.05, 4.69) is 10.7 Å². The van der Waals surface area contributed by atoms with E-state index in [4.69, 9.17) is 4.74 Å². The molecule has 0 radical (unpaired) electrons. The lowest BCUT2D eigenvalue weighted by Gasteiger charge is -2.23. The summed E-state index contributed by atoms with van der Waals surface area (Å²) >= 11 is 0. The topological polar surface area (TPSA) is 36.2 Å². The van der Waals surface area contributed by atoms with Crippen LogP contribution in [0.15, 0.2) is 71.5 Å². The molecule has 1 aromatic heterocycles. The first-order valence-corrected chi connectivity index (χ1v) is 7.97. The second kappa shape index (κ2) is 4.00. The number of hydrogen-bond acceptors (Lipinski definition) is 2. The summed E-state index contributed by atoms with van der Waals surface area (Å²) < 4.78 is 9.99. The van der Waals surface area contributed by atoms with Gasteiger partial charge in [-0.15, -0.1) is 0 Å². The number of hydrogen-bond donors (Lipinski definition) is 0. The lowest BCUT2D eigenvalue weighted by atomic mass is 9.49. The Labute approximate surface area is 137 Å². The first kappa shape index (κ1) is 12.2. The van der Waals surface area contributed by atoms with E-state index >= 15 is 0 Å². The highest BCUT2D eigenvalue weighted by atomic mass is 16.5. The molecule has 0 saturated heterocycles. The van der Waals surface area contributed by atoms with Crippen LogP contribution in [0.5, 0.6) is 11.5 Å². The largest absolute Gasteiger partial charge is 0.458 e. The Balaban J connectivity index is 1.85. The van der Waals surface area contributed by atoms with Gasteiger partial charge in [-0.3, -0.25) is 4.79 Å². The fourth-order valence-electron chi connectivity index (χ4n) is 4.06. The van der Waals surface area contributed by atoms with Gasteiger partial charge in [0.15, 0.2) is 0 Å². The van der Waals surface area contributed by atoms with Crippen molar-refractivity contribution in [2.75, 3.05) is 0 Å². The van der Waals surface area contributed by atoms with E-state index in [1.54, 1.807) is 4.68 Å². The highest BCUT2D eigenvalue weighted by molar-refractivity contribution is 6.87. The first-order valence-electron chi connectivity index (χ1n) is 7.97. The Kier molecular flexibility index (Phi) is 2.04. The maximum atomic E-state index is 13.0. The van der Waals surface area contributed by atoms with Crippen molar-refractivity contribution in [2.24, 2.45) is 0 Å². The van der Waals surface area contributed by atoms with Gasteiger partial charge in [-0.25, -0.2) is 4.68 Å². The summed E-state index contributed by atoms with van der Waals surface area (Å²) in [6, 6.07) is 21.8. The molecule has 6 rings (SSSR count). The van der Waals surface area contributed by atoms with Gasteiger partial charge in [0.25, 0.3) is 5.56 Å². The molecule has 3 aromatic carbocycles. The van der Waals surface area contributed by atoms with Crippen LogP contribution in [0, 0.1) is 0 Å². The minimum Gasteiger partial charge on any atom is -0.458 e. The molecule has 5 heteroatoms. The van der Waals surface area contributed by atoms with Gasteiger partial charge in [0.05, 0.1) is 16.6 Å². The molecular weight excluding hydrogens is 299 g/mol. The second-order valence-corrected chi connectivity index (χ2v) is 6.21. The van der Waals surface area contributed by atoms with E-state index in [9.17, 15) is 4.79 Å². The van der Waals surface area contributed by atoms with Crippen LogP contribution >= 0.6 is 0 Å². The van der Waals surface area contributed by atoms with Crippen LogP contribution in [0.1, 0.15) is 0 Å². The molecule has 3 heterocycles. The second-order valence-electron chi connectivity index (χ2n) is 6.21. The van der Waals surface area contributed by atoms with E-state index in [1.807, 2.05) is 60.7 Å². The minimum absolute atomic E-state index is 0.0193. The predicted molar refractivity (Wildman–Crippen MR) is 94.5 cm³/mol. The smallest absolute Gasteiger partial charge is 0.357 e. The molecular formula is C19H11BN2O2. The molecule has 2 aliphatic heterocycles. The van der Waals surface area contributed by atoms with E-state index in [1.165, 1.54) is 0 Å². The minimum atomic E-state index is -0.0336. The van der Waals surface area contributed by atoms with Gasteiger partial charge in [0.2, 0.25) is 0 Å². The normalized spacial score (nSPS) is 13.4. The number of fused-ring (bicyclic) bond motifs is 7. The van der Waals surface area contributed by atoms with E-state index < -0.39 is 0 Å². The number of aromatic nitrogens is 2. The highest BCUT2D eigenvalue weighted by Crippen LogP contribution is 2.31. The first-order chi connectivity index (χ1) is 11.8. The number of ether oxygens (including phenoxy) is 1. The lowest BCUT2D eigenvalue weighted by molar-refractivity contribution is 0.487. The molecule has 24 heavy (non-hydrogen) atoms. The Morgan fingerprint density at radius 2 is 1.62 bits per heavy atom. The maximum absolute atomic E-state index is 13.0. The van der Waals surface area contributed by atoms with Crippen molar-refractivity contribution in [3.63, 3.8) is 0 Å². The van der Waals surface area contributed by atoms with Crippen molar-refractivity contribution in [3.05, 3.63) is 77.1 Å². The molecule has 4 nitrogen and oxygen atoms in total. The molecule has 0 saturated carbocycles. The van der Waals surface area contributed by atoms with E-state index in [0.717, 1.165) is 39.0 Å². The Hall–Kier alpha value is -3.21. The molecule has 0 N–H and O–H groups in total. The third-order valence-electron chi connectivity index (χ3n) is 5.01. The van der Waals surface area contributed by atoms with Crippen LogP contribution in [0.2, 0.25) is 0 Å². The van der Waals surface area contributed by atoms with Crippen molar-refractivity contribution in [3.8, 4) is 17.2 Å². The van der Waals surface area contributed by atoms with Crippen molar-refractivity contribution < 1.29 is 4.74 Å². The van der Waals surface area contributed by atoms with Gasteiger partial charge < -0.3 is 9.33 Å². The van der Waals surface area contributed by atoms with Crippen LogP contribution in [-0.2, 0) is 0 Å². The molecule has 0 spiro atoms. The zero-order valence-corrected chi connectivity index (χ0v) is 12.6. The number of rotatable bonds is 0. The van der Waals surface area contributed by atoms with Gasteiger partial charge in [0, 0.05) is 5.46 Å². The SMILES string of the molecule is O=c1c2ccccc2n2n1-c1cccc3c1B2c1ccccc1O3. The summed E-state index contributed by atoms with van der Waals surface area (Å²) in [4.78, 5) is 13.0. The molecule has 0 bridgehead atoms. The number of benzene rings is 3. The molecule has 4 aromatic rings. The summed E-state index contributed by atoms with van der Waals surface area (Å²) in [5.41, 5.74) is 4.04. The fraction of sp³-hybridized carbons (Fsp3) is 0. The monoisotopic (exact) mass is 310 g/mol. The van der Waals surface area contributed by atoms with Crippen LogP contribution in [0.3, 0.4) is 0 Å². The molecule has 112 valence electrons. The Bertz CT molecular complexity index is 1220. The van der Waals surface area contributed by atoms with E-state index in [0.29, 0.717) is 0 Å². The van der Waals surface area contributed by atoms with Crippen LogP contribution < -0.4 is 21.2 Å². The van der Waals surface area contributed by atoms with Gasteiger partial charge in [-0.2, -0.15) is 0 Å². The zero-order chi connectivity index (χ0) is 15.8. The maximum Gasteiger partial charge on any atom is 0.357 e. The van der Waals surface area contributed by atoms with Gasteiger partial charge in [-0.1, -0.05) is 36.4 Å². The third kappa shape index (κ3) is 1.26.